The first kappa shape index (κ1) is 15.5. The first-order chi connectivity index (χ1) is 8.93. The molecule has 1 atom stereocenters. The standard InChI is InChI=1S/C14H22N2O3/c1-4-15-9-14(3,18)10-19-13-7-5-12(6-8-13)16-11(2)17/h5-8,15,18H,4,9-10H2,1-3H3,(H,16,17). The number of hydrogen-bond acceptors (Lipinski definition) is 4. The lowest BCUT2D eigenvalue weighted by Crippen LogP contribution is -2.42. The Kier molecular flexibility index (Phi) is 5.79. The van der Waals surface area contributed by atoms with Crippen molar-refractivity contribution in [2.75, 3.05) is 25.0 Å². The van der Waals surface area contributed by atoms with Gasteiger partial charge < -0.3 is 20.5 Å². The molecule has 1 amide bonds. The highest BCUT2D eigenvalue weighted by Crippen LogP contribution is 2.17. The van der Waals surface area contributed by atoms with Gasteiger partial charge in [-0.1, -0.05) is 6.92 Å². The Bertz CT molecular complexity index is 402. The molecule has 1 unspecified atom stereocenters. The molecular weight excluding hydrogens is 244 g/mol. The normalized spacial score (nSPS) is 13.7. The lowest BCUT2D eigenvalue weighted by Gasteiger charge is -2.23. The van der Waals surface area contributed by atoms with Gasteiger partial charge in [-0.15, -0.1) is 0 Å². The second-order valence-corrected chi connectivity index (χ2v) is 4.77. The first-order valence-corrected chi connectivity index (χ1v) is 6.36. The fourth-order valence-electron chi connectivity index (χ4n) is 1.52. The summed E-state index contributed by atoms with van der Waals surface area (Å²) < 4.78 is 5.53. The van der Waals surface area contributed by atoms with Gasteiger partial charge in [0.15, 0.2) is 0 Å². The Labute approximate surface area is 114 Å². The van der Waals surface area contributed by atoms with Crippen LogP contribution in [0.3, 0.4) is 0 Å². The van der Waals surface area contributed by atoms with Crippen LogP contribution in [-0.4, -0.2) is 36.3 Å². The summed E-state index contributed by atoms with van der Waals surface area (Å²) in [7, 11) is 0. The highest BCUT2D eigenvalue weighted by molar-refractivity contribution is 5.88. The highest BCUT2D eigenvalue weighted by Gasteiger charge is 2.20. The van der Waals surface area contributed by atoms with Gasteiger partial charge in [0.2, 0.25) is 5.91 Å². The SMILES string of the molecule is CCNCC(C)(O)COc1ccc(NC(C)=O)cc1. The highest BCUT2D eigenvalue weighted by atomic mass is 16.5. The number of anilines is 1. The molecule has 19 heavy (non-hydrogen) atoms. The van der Waals surface area contributed by atoms with Crippen molar-refractivity contribution in [2.24, 2.45) is 0 Å². The largest absolute Gasteiger partial charge is 0.491 e. The van der Waals surface area contributed by atoms with Crippen LogP contribution in [0.4, 0.5) is 5.69 Å². The van der Waals surface area contributed by atoms with E-state index in [1.807, 2.05) is 6.92 Å². The monoisotopic (exact) mass is 266 g/mol. The number of carbonyl (C=O) groups excluding carboxylic acids is 1. The molecule has 0 heterocycles. The van der Waals surface area contributed by atoms with Crippen LogP contribution in [-0.2, 0) is 4.79 Å². The summed E-state index contributed by atoms with van der Waals surface area (Å²) >= 11 is 0. The maximum atomic E-state index is 10.9. The van der Waals surface area contributed by atoms with E-state index in [0.29, 0.717) is 12.3 Å². The Morgan fingerprint density at radius 1 is 1.37 bits per heavy atom. The lowest BCUT2D eigenvalue weighted by atomic mass is 10.1. The Morgan fingerprint density at radius 2 is 2.00 bits per heavy atom. The van der Waals surface area contributed by atoms with Crippen molar-refractivity contribution in [3.05, 3.63) is 24.3 Å². The fourth-order valence-corrected chi connectivity index (χ4v) is 1.52. The molecule has 0 radical (unpaired) electrons. The number of aliphatic hydroxyl groups is 1. The zero-order chi connectivity index (χ0) is 14.3. The number of hydrogen-bond donors (Lipinski definition) is 3. The predicted octanol–water partition coefficient (Wildman–Crippen LogP) is 1.38. The summed E-state index contributed by atoms with van der Waals surface area (Å²) in [5, 5.41) is 15.8. The van der Waals surface area contributed by atoms with E-state index in [9.17, 15) is 9.90 Å². The average molecular weight is 266 g/mol. The molecule has 0 aliphatic rings. The average Bonchev–Trinajstić information content (AvgIpc) is 2.35. The summed E-state index contributed by atoms with van der Waals surface area (Å²) in [6.45, 7) is 6.66. The minimum atomic E-state index is -0.910. The van der Waals surface area contributed by atoms with Crippen molar-refractivity contribution in [3.63, 3.8) is 0 Å². The molecule has 0 saturated carbocycles. The fraction of sp³-hybridized carbons (Fsp3) is 0.500. The third-order valence-electron chi connectivity index (χ3n) is 2.48. The van der Waals surface area contributed by atoms with Crippen LogP contribution in [0.1, 0.15) is 20.8 Å². The molecule has 0 aliphatic carbocycles. The minimum Gasteiger partial charge on any atom is -0.491 e. The predicted molar refractivity (Wildman–Crippen MR) is 75.4 cm³/mol. The molecule has 1 rings (SSSR count). The number of benzene rings is 1. The van der Waals surface area contributed by atoms with Crippen molar-refractivity contribution in [2.45, 2.75) is 26.4 Å². The van der Waals surface area contributed by atoms with E-state index in [4.69, 9.17) is 4.74 Å². The Morgan fingerprint density at radius 3 is 2.53 bits per heavy atom. The molecule has 0 aromatic heterocycles. The second kappa shape index (κ2) is 7.11. The molecule has 0 saturated heterocycles. The van der Waals surface area contributed by atoms with Crippen molar-refractivity contribution in [1.82, 2.24) is 5.32 Å². The van der Waals surface area contributed by atoms with Crippen LogP contribution in [0.25, 0.3) is 0 Å². The van der Waals surface area contributed by atoms with Crippen molar-refractivity contribution >= 4 is 11.6 Å². The zero-order valence-corrected chi connectivity index (χ0v) is 11.7. The number of nitrogens with one attached hydrogen (secondary N) is 2. The van der Waals surface area contributed by atoms with E-state index in [1.165, 1.54) is 6.92 Å². The summed E-state index contributed by atoms with van der Waals surface area (Å²) in [5.74, 6) is 0.549. The number of likely N-dealkylation sites (N-methyl/N-ethyl adjacent to an activating group) is 1. The van der Waals surface area contributed by atoms with E-state index in [1.54, 1.807) is 31.2 Å². The number of carbonyl (C=O) groups is 1. The van der Waals surface area contributed by atoms with Crippen LogP contribution >= 0.6 is 0 Å². The molecule has 3 N–H and O–H groups in total. The summed E-state index contributed by atoms with van der Waals surface area (Å²) in [4.78, 5) is 10.9. The molecule has 0 fully saturated rings. The summed E-state index contributed by atoms with van der Waals surface area (Å²) in [5.41, 5.74) is -0.189. The van der Waals surface area contributed by atoms with Crippen molar-refractivity contribution in [3.8, 4) is 5.75 Å². The minimum absolute atomic E-state index is 0.109. The number of ether oxygens (including phenoxy) is 1. The zero-order valence-electron chi connectivity index (χ0n) is 11.7. The van der Waals surface area contributed by atoms with E-state index < -0.39 is 5.60 Å². The van der Waals surface area contributed by atoms with Crippen LogP contribution in [0.15, 0.2) is 24.3 Å². The molecular formula is C14H22N2O3. The molecule has 0 aliphatic heterocycles. The summed E-state index contributed by atoms with van der Waals surface area (Å²) in [6.07, 6.45) is 0. The van der Waals surface area contributed by atoms with E-state index in [0.717, 1.165) is 12.2 Å². The molecule has 5 heteroatoms. The van der Waals surface area contributed by atoms with Crippen LogP contribution in [0, 0.1) is 0 Å². The smallest absolute Gasteiger partial charge is 0.221 e. The third kappa shape index (κ3) is 6.22. The summed E-state index contributed by atoms with van der Waals surface area (Å²) in [6, 6.07) is 7.04. The third-order valence-corrected chi connectivity index (χ3v) is 2.48. The molecule has 106 valence electrons. The van der Waals surface area contributed by atoms with Crippen LogP contribution < -0.4 is 15.4 Å². The molecule has 1 aromatic carbocycles. The van der Waals surface area contributed by atoms with Crippen LogP contribution in [0.5, 0.6) is 5.75 Å². The van der Waals surface area contributed by atoms with Gasteiger partial charge in [0, 0.05) is 19.2 Å². The first-order valence-electron chi connectivity index (χ1n) is 6.36. The van der Waals surface area contributed by atoms with Crippen LogP contribution in [0.2, 0.25) is 0 Å². The van der Waals surface area contributed by atoms with Gasteiger partial charge in [-0.3, -0.25) is 4.79 Å². The van der Waals surface area contributed by atoms with Gasteiger partial charge in [-0.2, -0.15) is 0 Å². The maximum absolute atomic E-state index is 10.9. The maximum Gasteiger partial charge on any atom is 0.221 e. The second-order valence-electron chi connectivity index (χ2n) is 4.77. The van der Waals surface area contributed by atoms with Gasteiger partial charge in [-0.05, 0) is 37.7 Å². The van der Waals surface area contributed by atoms with E-state index in [2.05, 4.69) is 10.6 Å². The van der Waals surface area contributed by atoms with Crippen molar-refractivity contribution < 1.29 is 14.6 Å². The number of rotatable bonds is 7. The van der Waals surface area contributed by atoms with E-state index >= 15 is 0 Å². The molecule has 5 nitrogen and oxygen atoms in total. The molecule has 0 bridgehead atoms. The Balaban J connectivity index is 2.47. The van der Waals surface area contributed by atoms with Crippen molar-refractivity contribution in [1.29, 1.82) is 0 Å². The quantitative estimate of drug-likeness (QED) is 0.697. The molecule has 1 aromatic rings. The van der Waals surface area contributed by atoms with E-state index in [-0.39, 0.29) is 12.5 Å². The topological polar surface area (TPSA) is 70.6 Å². The van der Waals surface area contributed by atoms with Gasteiger partial charge in [0.05, 0.1) is 0 Å². The van der Waals surface area contributed by atoms with Gasteiger partial charge in [-0.25, -0.2) is 0 Å². The molecule has 0 spiro atoms. The van der Waals surface area contributed by atoms with Gasteiger partial charge in [0.25, 0.3) is 0 Å². The van der Waals surface area contributed by atoms with Gasteiger partial charge >= 0.3 is 0 Å². The van der Waals surface area contributed by atoms with Gasteiger partial charge in [0.1, 0.15) is 18.0 Å². The number of amides is 1. The Hall–Kier alpha value is -1.59. The lowest BCUT2D eigenvalue weighted by molar-refractivity contribution is -0.114.